The van der Waals surface area contributed by atoms with Crippen molar-refractivity contribution in [1.29, 1.82) is 0 Å². The average Bonchev–Trinajstić information content (AvgIpc) is 3.08. The second-order valence-electron chi connectivity index (χ2n) is 8.29. The summed E-state index contributed by atoms with van der Waals surface area (Å²) in [6.07, 6.45) is 11.8. The van der Waals surface area contributed by atoms with E-state index in [1.165, 1.54) is 0 Å². The normalized spacial score (nSPS) is 21.7. The molecule has 2 aromatic rings. The summed E-state index contributed by atoms with van der Waals surface area (Å²) in [5.74, 6) is 0.427. The lowest BCUT2D eigenvalue weighted by Crippen LogP contribution is -2.38. The van der Waals surface area contributed by atoms with Gasteiger partial charge in [-0.2, -0.15) is 0 Å². The molecule has 1 saturated heterocycles. The van der Waals surface area contributed by atoms with Gasteiger partial charge in [0.2, 0.25) is 0 Å². The molecular formula is C23H29N5O. The predicted octanol–water partition coefficient (Wildman–Crippen LogP) is 3.53. The molecule has 0 saturated carbocycles. The molecule has 6 nitrogen and oxygen atoms in total. The number of carbonyl (C=O) groups excluding carboxylic acids is 1. The number of carbonyl (C=O) groups is 1. The number of fused-ring (bicyclic) bond motifs is 1. The van der Waals surface area contributed by atoms with Crippen molar-refractivity contribution in [3.8, 4) is 0 Å². The molecule has 1 atom stereocenters. The Morgan fingerprint density at radius 2 is 1.97 bits per heavy atom. The molecule has 4 rings (SSSR count). The number of piperidine rings is 1. The fourth-order valence-corrected chi connectivity index (χ4v) is 4.03. The highest BCUT2D eigenvalue weighted by Gasteiger charge is 2.26. The largest absolute Gasteiger partial charge is 0.306 e. The van der Waals surface area contributed by atoms with Crippen molar-refractivity contribution in [2.75, 3.05) is 20.1 Å². The van der Waals surface area contributed by atoms with Crippen LogP contribution in [-0.4, -0.2) is 57.5 Å². The SMILES string of the molecule is C/C(=C\C(=O)N1C=C(C2CCN(C)CC2)N=CC1C)c1ccc2nc(C)cn2c1. The van der Waals surface area contributed by atoms with Gasteiger partial charge in [0, 0.05) is 36.8 Å². The Kier molecular flexibility index (Phi) is 5.37. The van der Waals surface area contributed by atoms with Gasteiger partial charge in [0.1, 0.15) is 5.65 Å². The summed E-state index contributed by atoms with van der Waals surface area (Å²) >= 11 is 0. The molecule has 0 aromatic carbocycles. The van der Waals surface area contributed by atoms with E-state index in [-0.39, 0.29) is 11.9 Å². The van der Waals surface area contributed by atoms with Crippen LogP contribution >= 0.6 is 0 Å². The van der Waals surface area contributed by atoms with Crippen molar-refractivity contribution in [2.24, 2.45) is 10.9 Å². The lowest BCUT2D eigenvalue weighted by Gasteiger charge is -2.33. The molecule has 0 aliphatic carbocycles. The van der Waals surface area contributed by atoms with Gasteiger partial charge in [-0.25, -0.2) is 4.98 Å². The summed E-state index contributed by atoms with van der Waals surface area (Å²) in [6.45, 7) is 8.12. The maximum absolute atomic E-state index is 13.1. The number of nitrogens with zero attached hydrogens (tertiary/aromatic N) is 5. The van der Waals surface area contributed by atoms with Crippen molar-refractivity contribution in [1.82, 2.24) is 19.2 Å². The number of rotatable bonds is 3. The van der Waals surface area contributed by atoms with Crippen molar-refractivity contribution >= 4 is 23.3 Å². The maximum atomic E-state index is 13.1. The highest BCUT2D eigenvalue weighted by molar-refractivity contribution is 5.97. The number of aryl methyl sites for hydroxylation is 1. The van der Waals surface area contributed by atoms with Gasteiger partial charge in [-0.15, -0.1) is 0 Å². The second kappa shape index (κ2) is 7.95. The summed E-state index contributed by atoms with van der Waals surface area (Å²) in [5.41, 5.74) is 4.88. The molecule has 0 N–H and O–H groups in total. The number of aliphatic imine (C=N–C) groups is 1. The van der Waals surface area contributed by atoms with Crippen molar-refractivity contribution < 1.29 is 4.79 Å². The average molecular weight is 392 g/mol. The summed E-state index contributed by atoms with van der Waals surface area (Å²) in [5, 5.41) is 0. The van der Waals surface area contributed by atoms with Crippen LogP contribution in [0.15, 0.2) is 47.5 Å². The number of pyridine rings is 1. The van der Waals surface area contributed by atoms with Gasteiger partial charge in [-0.3, -0.25) is 9.79 Å². The highest BCUT2D eigenvalue weighted by atomic mass is 16.2. The molecule has 2 aliphatic rings. The van der Waals surface area contributed by atoms with E-state index in [4.69, 9.17) is 0 Å². The fourth-order valence-electron chi connectivity index (χ4n) is 4.03. The molecule has 152 valence electrons. The van der Waals surface area contributed by atoms with Gasteiger partial charge in [-0.05, 0) is 77.0 Å². The fraction of sp³-hybridized carbons (Fsp3) is 0.435. The first kappa shape index (κ1) is 19.6. The Bertz CT molecular complexity index is 1010. The third-order valence-corrected chi connectivity index (χ3v) is 5.91. The number of imidazole rings is 1. The van der Waals surface area contributed by atoms with Gasteiger partial charge in [0.25, 0.3) is 5.91 Å². The van der Waals surface area contributed by atoms with Crippen molar-refractivity contribution in [2.45, 2.75) is 39.7 Å². The zero-order valence-electron chi connectivity index (χ0n) is 17.7. The summed E-state index contributed by atoms with van der Waals surface area (Å²) < 4.78 is 2.00. The van der Waals surface area contributed by atoms with E-state index in [0.717, 1.165) is 54.1 Å². The molecule has 6 heteroatoms. The Morgan fingerprint density at radius 3 is 2.72 bits per heavy atom. The van der Waals surface area contributed by atoms with Crippen LogP contribution in [0.4, 0.5) is 0 Å². The number of hydrogen-bond acceptors (Lipinski definition) is 4. The first-order valence-corrected chi connectivity index (χ1v) is 10.3. The topological polar surface area (TPSA) is 53.2 Å². The van der Waals surface area contributed by atoms with Crippen LogP contribution in [0.1, 0.15) is 37.9 Å². The van der Waals surface area contributed by atoms with E-state index >= 15 is 0 Å². The standard InChI is InChI=1S/C23H29N5O/c1-16(20-5-6-22-25-17(2)13-27(22)14-20)11-23(29)28-15-21(24-12-18(28)3)19-7-9-26(4)10-8-19/h5-6,11-15,18-19H,7-10H2,1-4H3/b16-11+. The van der Waals surface area contributed by atoms with Crippen LogP contribution < -0.4 is 0 Å². The zero-order valence-corrected chi connectivity index (χ0v) is 17.7. The highest BCUT2D eigenvalue weighted by Crippen LogP contribution is 2.28. The Labute approximate surface area is 172 Å². The molecular weight excluding hydrogens is 362 g/mol. The molecule has 0 spiro atoms. The molecule has 2 aliphatic heterocycles. The van der Waals surface area contributed by atoms with Gasteiger partial charge in [0.15, 0.2) is 0 Å². The molecule has 0 bridgehead atoms. The van der Waals surface area contributed by atoms with Crippen LogP contribution in [0, 0.1) is 12.8 Å². The van der Waals surface area contributed by atoms with Crippen LogP contribution in [0.3, 0.4) is 0 Å². The van der Waals surface area contributed by atoms with Gasteiger partial charge in [-0.1, -0.05) is 0 Å². The minimum Gasteiger partial charge on any atom is -0.306 e. The monoisotopic (exact) mass is 391 g/mol. The first-order valence-electron chi connectivity index (χ1n) is 10.3. The van der Waals surface area contributed by atoms with Crippen molar-refractivity contribution in [3.63, 3.8) is 0 Å². The summed E-state index contributed by atoms with van der Waals surface area (Å²) in [4.78, 5) is 26.3. The molecule has 0 radical (unpaired) electrons. The van der Waals surface area contributed by atoms with E-state index in [2.05, 4.69) is 21.9 Å². The molecule has 2 aromatic heterocycles. The summed E-state index contributed by atoms with van der Waals surface area (Å²) in [7, 11) is 2.16. The number of aromatic nitrogens is 2. The third kappa shape index (κ3) is 4.17. The Morgan fingerprint density at radius 1 is 1.21 bits per heavy atom. The molecule has 1 fully saturated rings. The van der Waals surface area contributed by atoms with E-state index in [0.29, 0.717) is 5.92 Å². The number of hydrogen-bond donors (Lipinski definition) is 0. The van der Waals surface area contributed by atoms with Crippen molar-refractivity contribution in [3.05, 3.63) is 53.8 Å². The quantitative estimate of drug-likeness (QED) is 0.752. The lowest BCUT2D eigenvalue weighted by atomic mass is 9.93. The van der Waals surface area contributed by atoms with Gasteiger partial charge >= 0.3 is 0 Å². The van der Waals surface area contributed by atoms with Gasteiger partial charge in [0.05, 0.1) is 17.4 Å². The van der Waals surface area contributed by atoms with Crippen LogP contribution in [0.2, 0.25) is 0 Å². The molecule has 4 heterocycles. The second-order valence-corrected chi connectivity index (χ2v) is 8.29. The minimum atomic E-state index is -0.0413. The minimum absolute atomic E-state index is 0.00603. The van der Waals surface area contributed by atoms with Crippen LogP contribution in [-0.2, 0) is 4.79 Å². The third-order valence-electron chi connectivity index (χ3n) is 5.91. The van der Waals surface area contributed by atoms with E-state index in [1.807, 2.05) is 67.0 Å². The number of amides is 1. The van der Waals surface area contributed by atoms with Crippen LogP contribution in [0.5, 0.6) is 0 Å². The molecule has 29 heavy (non-hydrogen) atoms. The predicted molar refractivity (Wildman–Crippen MR) is 117 cm³/mol. The van der Waals surface area contributed by atoms with E-state index in [9.17, 15) is 4.79 Å². The van der Waals surface area contributed by atoms with E-state index < -0.39 is 0 Å². The number of likely N-dealkylation sites (tertiary alicyclic amines) is 1. The Hall–Kier alpha value is -2.73. The first-order chi connectivity index (χ1) is 13.9. The lowest BCUT2D eigenvalue weighted by molar-refractivity contribution is -0.124. The van der Waals surface area contributed by atoms with E-state index in [1.54, 1.807) is 6.08 Å². The maximum Gasteiger partial charge on any atom is 0.251 e. The number of allylic oxidation sites excluding steroid dienone is 2. The van der Waals surface area contributed by atoms with Crippen LogP contribution in [0.25, 0.3) is 11.2 Å². The van der Waals surface area contributed by atoms with Gasteiger partial charge < -0.3 is 14.2 Å². The smallest absolute Gasteiger partial charge is 0.251 e. The Balaban J connectivity index is 1.54. The zero-order chi connectivity index (χ0) is 20.5. The summed E-state index contributed by atoms with van der Waals surface area (Å²) in [6, 6.07) is 3.96. The molecule has 1 unspecified atom stereocenters. The molecule has 1 amide bonds.